The third-order valence-electron chi connectivity index (χ3n) is 6.63. The zero-order valence-corrected chi connectivity index (χ0v) is 21.1. The van der Waals surface area contributed by atoms with E-state index in [0.717, 1.165) is 25.1 Å². The Balaban J connectivity index is 1.31. The average Bonchev–Trinajstić information content (AvgIpc) is 3.48. The van der Waals surface area contributed by atoms with Gasteiger partial charge in [0.25, 0.3) is 11.8 Å². The Kier molecular flexibility index (Phi) is 7.20. The number of hydrogen-bond acceptors (Lipinski definition) is 5. The van der Waals surface area contributed by atoms with Crippen molar-refractivity contribution in [2.45, 2.75) is 31.7 Å². The predicted octanol–water partition coefficient (Wildman–Crippen LogP) is 4.23. The monoisotopic (exact) mass is 509 g/mol. The van der Waals surface area contributed by atoms with Crippen molar-refractivity contribution in [3.8, 4) is 0 Å². The zero-order valence-electron chi connectivity index (χ0n) is 19.6. The average molecular weight is 510 g/mol. The Labute approximate surface area is 214 Å². The highest BCUT2D eigenvalue weighted by Crippen LogP contribution is 2.25. The number of likely N-dealkylation sites (tertiary alicyclic amines) is 1. The topological polar surface area (TPSA) is 61.9 Å². The first-order valence-corrected chi connectivity index (χ1v) is 13.0. The molecule has 2 unspecified atom stereocenters. The van der Waals surface area contributed by atoms with Crippen molar-refractivity contribution in [3.63, 3.8) is 0 Å². The maximum Gasteiger partial charge on any atom is 0.261 e. The summed E-state index contributed by atoms with van der Waals surface area (Å²) in [6.07, 6.45) is 0.627. The van der Waals surface area contributed by atoms with E-state index in [-0.39, 0.29) is 24.0 Å². The minimum absolute atomic E-state index is 0.0315. The number of likely N-dealkylation sites (N-methyl/N-ethyl adjacent to an activating group) is 1. The van der Waals surface area contributed by atoms with Crippen LogP contribution < -0.4 is 5.32 Å². The lowest BCUT2D eigenvalue weighted by atomic mass is 9.97. The van der Waals surface area contributed by atoms with Crippen LogP contribution in [-0.4, -0.2) is 60.4 Å². The van der Waals surface area contributed by atoms with E-state index in [4.69, 9.17) is 16.3 Å². The molecule has 2 amide bonds. The molecule has 182 valence electrons. The van der Waals surface area contributed by atoms with Gasteiger partial charge < -0.3 is 19.9 Å². The largest absolute Gasteiger partial charge is 0.369 e. The van der Waals surface area contributed by atoms with Crippen LogP contribution in [0.3, 0.4) is 0 Å². The van der Waals surface area contributed by atoms with E-state index in [0.29, 0.717) is 34.5 Å². The van der Waals surface area contributed by atoms with E-state index in [1.165, 1.54) is 22.5 Å². The van der Waals surface area contributed by atoms with Gasteiger partial charge in [0, 0.05) is 31.7 Å². The number of rotatable bonds is 6. The van der Waals surface area contributed by atoms with Gasteiger partial charge in [-0.3, -0.25) is 9.59 Å². The van der Waals surface area contributed by atoms with Crippen LogP contribution >= 0.6 is 22.9 Å². The Hall–Kier alpha value is -2.71. The van der Waals surface area contributed by atoms with Crippen LogP contribution in [0.25, 0.3) is 0 Å². The second-order valence-corrected chi connectivity index (χ2v) is 10.9. The Morgan fingerprint density at radius 1 is 1.09 bits per heavy atom. The van der Waals surface area contributed by atoms with Crippen LogP contribution in [0.4, 0.5) is 0 Å². The van der Waals surface area contributed by atoms with E-state index < -0.39 is 0 Å². The lowest BCUT2D eigenvalue weighted by Crippen LogP contribution is -2.43. The normalized spacial score (nSPS) is 20.0. The third-order valence-corrected chi connectivity index (χ3v) is 7.86. The number of ether oxygens (including phenoxy) is 1. The third kappa shape index (κ3) is 5.59. The summed E-state index contributed by atoms with van der Waals surface area (Å²) in [6.45, 7) is 3.12. The number of fused-ring (bicyclic) bond motifs is 1. The van der Waals surface area contributed by atoms with Crippen molar-refractivity contribution in [2.24, 2.45) is 0 Å². The van der Waals surface area contributed by atoms with Crippen molar-refractivity contribution >= 4 is 34.8 Å². The number of thiophene rings is 1. The molecule has 0 saturated carbocycles. The molecule has 3 heterocycles. The van der Waals surface area contributed by atoms with Crippen LogP contribution in [0.15, 0.2) is 60.7 Å². The summed E-state index contributed by atoms with van der Waals surface area (Å²) < 4.78 is 6.79. The van der Waals surface area contributed by atoms with E-state index >= 15 is 0 Å². The molecule has 0 radical (unpaired) electrons. The predicted molar refractivity (Wildman–Crippen MR) is 138 cm³/mol. The van der Waals surface area contributed by atoms with Gasteiger partial charge in [0.1, 0.15) is 0 Å². The van der Waals surface area contributed by atoms with Crippen molar-refractivity contribution in [3.05, 3.63) is 92.1 Å². The lowest BCUT2D eigenvalue weighted by molar-refractivity contribution is 0.0307. The fourth-order valence-electron chi connectivity index (χ4n) is 4.71. The number of nitrogens with zero attached hydrogens (tertiary/aromatic N) is 2. The summed E-state index contributed by atoms with van der Waals surface area (Å²) in [4.78, 5) is 30.9. The van der Waals surface area contributed by atoms with E-state index in [2.05, 4.69) is 23.3 Å². The lowest BCUT2D eigenvalue weighted by Gasteiger charge is -2.25. The standard InChI is InChI=1S/C27H28ClN3O3S/c1-30-12-11-19-13-20(7-8-21(19)14-30)27(33)31-15-22(29-26(32)24-9-10-25(28)35-24)23(16-31)34-17-18-5-3-2-4-6-18/h2-10,13,22-23H,11-12,14-17H2,1H3,(H,29,32). The first-order valence-electron chi connectivity index (χ1n) is 11.8. The highest BCUT2D eigenvalue weighted by Gasteiger charge is 2.38. The van der Waals surface area contributed by atoms with Crippen LogP contribution in [0.1, 0.15) is 36.7 Å². The minimum atomic E-state index is -0.317. The summed E-state index contributed by atoms with van der Waals surface area (Å²) in [5.74, 6) is -0.233. The first-order chi connectivity index (χ1) is 17.0. The molecule has 3 aromatic rings. The highest BCUT2D eigenvalue weighted by molar-refractivity contribution is 7.18. The minimum Gasteiger partial charge on any atom is -0.369 e. The second kappa shape index (κ2) is 10.5. The van der Waals surface area contributed by atoms with Crippen molar-refractivity contribution in [1.82, 2.24) is 15.1 Å². The van der Waals surface area contributed by atoms with Gasteiger partial charge in [0.15, 0.2) is 0 Å². The van der Waals surface area contributed by atoms with Gasteiger partial charge in [-0.25, -0.2) is 0 Å². The maximum absolute atomic E-state index is 13.5. The van der Waals surface area contributed by atoms with Crippen molar-refractivity contribution < 1.29 is 14.3 Å². The van der Waals surface area contributed by atoms with E-state index in [1.807, 2.05) is 42.5 Å². The SMILES string of the molecule is CN1CCc2cc(C(=O)N3CC(NC(=O)c4ccc(Cl)s4)C(OCc4ccccc4)C3)ccc2C1. The highest BCUT2D eigenvalue weighted by atomic mass is 35.5. The fourth-order valence-corrected chi connectivity index (χ4v) is 5.66. The van der Waals surface area contributed by atoms with Gasteiger partial charge in [-0.15, -0.1) is 11.3 Å². The van der Waals surface area contributed by atoms with Crippen LogP contribution in [0, 0.1) is 0 Å². The van der Waals surface area contributed by atoms with E-state index in [1.54, 1.807) is 17.0 Å². The molecule has 1 saturated heterocycles. The maximum atomic E-state index is 13.5. The molecule has 6 nitrogen and oxygen atoms in total. The fraction of sp³-hybridized carbons (Fsp3) is 0.333. The van der Waals surface area contributed by atoms with Gasteiger partial charge in [0.2, 0.25) is 0 Å². The quantitative estimate of drug-likeness (QED) is 0.540. The van der Waals surface area contributed by atoms with Gasteiger partial charge in [-0.05, 0) is 54.4 Å². The smallest absolute Gasteiger partial charge is 0.261 e. The molecule has 0 bridgehead atoms. The molecule has 1 N–H and O–H groups in total. The van der Waals surface area contributed by atoms with Gasteiger partial charge in [-0.2, -0.15) is 0 Å². The number of amides is 2. The summed E-state index contributed by atoms with van der Waals surface area (Å²) in [5, 5.41) is 3.07. The summed E-state index contributed by atoms with van der Waals surface area (Å²) in [6, 6.07) is 19.0. The zero-order chi connectivity index (χ0) is 24.4. The van der Waals surface area contributed by atoms with Crippen LogP contribution in [0.2, 0.25) is 4.34 Å². The Morgan fingerprint density at radius 2 is 1.91 bits per heavy atom. The van der Waals surface area contributed by atoms with Crippen LogP contribution in [0.5, 0.6) is 0 Å². The molecule has 2 atom stereocenters. The molecule has 0 spiro atoms. The van der Waals surface area contributed by atoms with Gasteiger partial charge >= 0.3 is 0 Å². The van der Waals surface area contributed by atoms with Crippen molar-refractivity contribution in [1.29, 1.82) is 0 Å². The Bertz CT molecular complexity index is 1220. The molecule has 0 aliphatic carbocycles. The molecule has 8 heteroatoms. The molecular formula is C27H28ClN3O3S. The number of halogens is 1. The Morgan fingerprint density at radius 3 is 2.69 bits per heavy atom. The van der Waals surface area contributed by atoms with Crippen molar-refractivity contribution in [2.75, 3.05) is 26.7 Å². The number of carbonyl (C=O) groups is 2. The number of benzene rings is 2. The number of nitrogens with one attached hydrogen (secondary N) is 1. The molecular weight excluding hydrogens is 482 g/mol. The summed E-state index contributed by atoms with van der Waals surface area (Å²) in [7, 11) is 2.11. The van der Waals surface area contributed by atoms with Gasteiger partial charge in [0.05, 0.1) is 28.0 Å². The van der Waals surface area contributed by atoms with Crippen LogP contribution in [-0.2, 0) is 24.3 Å². The molecule has 2 aliphatic rings. The summed E-state index contributed by atoms with van der Waals surface area (Å²) in [5.41, 5.74) is 4.25. The molecule has 35 heavy (non-hydrogen) atoms. The number of carbonyl (C=O) groups excluding carboxylic acids is 2. The number of hydrogen-bond donors (Lipinski definition) is 1. The summed E-state index contributed by atoms with van der Waals surface area (Å²) >= 11 is 7.25. The first kappa shape index (κ1) is 24.0. The molecule has 5 rings (SSSR count). The molecule has 2 aromatic carbocycles. The molecule has 1 fully saturated rings. The molecule has 2 aliphatic heterocycles. The second-order valence-electron chi connectivity index (χ2n) is 9.20. The van der Waals surface area contributed by atoms with E-state index in [9.17, 15) is 9.59 Å². The van der Waals surface area contributed by atoms with Gasteiger partial charge in [-0.1, -0.05) is 48.0 Å². The molecule has 1 aromatic heterocycles.